The molecule has 0 N–H and O–H groups in total. The largest absolute Gasteiger partial charge is 0.207 e. The quantitative estimate of drug-likeness (QED) is 0.496. The maximum atomic E-state index is 13.4. The molecule has 0 nitrogen and oxygen atoms in total. The molecule has 3 heteroatoms. The zero-order valence-electron chi connectivity index (χ0n) is 7.87. The molecule has 0 aliphatic carbocycles. The number of benzene rings is 1. The lowest BCUT2D eigenvalue weighted by Crippen LogP contribution is -2.17. The fraction of sp³-hybridized carbons (Fsp3) is 0.273. The van der Waals surface area contributed by atoms with Crippen LogP contribution in [0.15, 0.2) is 12.1 Å². The first-order valence-corrected chi connectivity index (χ1v) is 4.39. The van der Waals surface area contributed by atoms with Crippen LogP contribution in [0.1, 0.15) is 19.4 Å². The molecule has 0 atom stereocenters. The van der Waals surface area contributed by atoms with Crippen molar-refractivity contribution in [3.8, 4) is 12.3 Å². The van der Waals surface area contributed by atoms with Crippen molar-refractivity contribution in [1.29, 1.82) is 0 Å². The van der Waals surface area contributed by atoms with Crippen LogP contribution in [0.4, 0.5) is 8.78 Å². The van der Waals surface area contributed by atoms with Gasteiger partial charge in [0.25, 0.3) is 0 Å². The predicted molar refractivity (Wildman–Crippen MR) is 53.2 cm³/mol. The van der Waals surface area contributed by atoms with Gasteiger partial charge in [-0.15, -0.1) is 6.42 Å². The first kappa shape index (κ1) is 11.0. The van der Waals surface area contributed by atoms with Gasteiger partial charge in [-0.3, -0.25) is 0 Å². The molecule has 0 saturated carbocycles. The Morgan fingerprint density at radius 2 is 1.79 bits per heavy atom. The first-order valence-electron chi connectivity index (χ1n) is 4.02. The van der Waals surface area contributed by atoms with E-state index in [1.807, 2.05) is 0 Å². The summed E-state index contributed by atoms with van der Waals surface area (Å²) < 4.78 is 26.4. The maximum absolute atomic E-state index is 13.4. The van der Waals surface area contributed by atoms with Crippen molar-refractivity contribution in [2.45, 2.75) is 19.3 Å². The number of halogens is 3. The van der Waals surface area contributed by atoms with Crippen molar-refractivity contribution < 1.29 is 8.78 Å². The number of rotatable bonds is 1. The maximum Gasteiger partial charge on any atom is 0.142 e. The molecule has 1 aromatic carbocycles. The molecule has 14 heavy (non-hydrogen) atoms. The van der Waals surface area contributed by atoms with E-state index in [1.165, 1.54) is 0 Å². The molecule has 0 amide bonds. The summed E-state index contributed by atoms with van der Waals surface area (Å²) >= 11 is 5.65. The molecule has 1 aromatic rings. The van der Waals surface area contributed by atoms with Gasteiger partial charge in [0, 0.05) is 5.56 Å². The molecule has 0 radical (unpaired) electrons. The van der Waals surface area contributed by atoms with Crippen molar-refractivity contribution in [1.82, 2.24) is 0 Å². The Kier molecular flexibility index (Phi) is 2.82. The highest BCUT2D eigenvalue weighted by atomic mass is 35.5. The fourth-order valence-corrected chi connectivity index (χ4v) is 1.56. The van der Waals surface area contributed by atoms with Gasteiger partial charge in [0.15, 0.2) is 0 Å². The van der Waals surface area contributed by atoms with E-state index in [0.717, 1.165) is 12.1 Å². The lowest BCUT2D eigenvalue weighted by Gasteiger charge is -2.20. The van der Waals surface area contributed by atoms with Crippen molar-refractivity contribution in [3.63, 3.8) is 0 Å². The van der Waals surface area contributed by atoms with E-state index in [1.54, 1.807) is 13.8 Å². The third kappa shape index (κ3) is 1.73. The standard InChI is InChI=1S/C11H9ClF2/c1-4-11(2,3)9-7(13)5-6-8(14)10(9)12/h1,5-6H,2-3H3. The minimum absolute atomic E-state index is 0.0293. The molecule has 74 valence electrons. The summed E-state index contributed by atoms with van der Waals surface area (Å²) in [6.45, 7) is 3.22. The highest BCUT2D eigenvalue weighted by Crippen LogP contribution is 2.33. The van der Waals surface area contributed by atoms with Crippen LogP contribution in [-0.4, -0.2) is 0 Å². The average molecular weight is 215 g/mol. The minimum atomic E-state index is -0.913. The summed E-state index contributed by atoms with van der Waals surface area (Å²) in [5, 5.41) is -0.243. The summed E-state index contributed by atoms with van der Waals surface area (Å²) in [6, 6.07) is 2.00. The zero-order valence-corrected chi connectivity index (χ0v) is 8.62. The Morgan fingerprint density at radius 3 is 2.29 bits per heavy atom. The van der Waals surface area contributed by atoms with Gasteiger partial charge in [-0.2, -0.15) is 0 Å². The predicted octanol–water partition coefficient (Wildman–Crippen LogP) is 3.53. The average Bonchev–Trinajstić information content (AvgIpc) is 2.12. The summed E-state index contributed by atoms with van der Waals surface area (Å²) in [4.78, 5) is 0. The molecule has 0 aliphatic rings. The Morgan fingerprint density at radius 1 is 1.29 bits per heavy atom. The molecule has 0 spiro atoms. The SMILES string of the molecule is C#CC(C)(C)c1c(F)ccc(F)c1Cl. The van der Waals surface area contributed by atoms with Crippen LogP contribution in [0.25, 0.3) is 0 Å². The molecule has 0 aliphatic heterocycles. The fourth-order valence-electron chi connectivity index (χ4n) is 1.17. The number of hydrogen-bond donors (Lipinski definition) is 0. The van der Waals surface area contributed by atoms with Crippen LogP contribution < -0.4 is 0 Å². The third-order valence-electron chi connectivity index (χ3n) is 2.03. The van der Waals surface area contributed by atoms with Gasteiger partial charge in [0.1, 0.15) is 11.6 Å². The second kappa shape index (κ2) is 3.59. The Labute approximate surface area is 86.9 Å². The molecular formula is C11H9ClF2. The molecule has 0 heterocycles. The van der Waals surface area contributed by atoms with Crippen LogP contribution in [0.5, 0.6) is 0 Å². The zero-order chi connectivity index (χ0) is 10.9. The molecule has 0 aromatic heterocycles. The Hall–Kier alpha value is -1.07. The van der Waals surface area contributed by atoms with Crippen molar-refractivity contribution in [2.75, 3.05) is 0 Å². The summed E-state index contributed by atoms with van der Waals surface area (Å²) in [5.74, 6) is 1.13. The second-order valence-electron chi connectivity index (χ2n) is 3.49. The molecule has 1 rings (SSSR count). The van der Waals surface area contributed by atoms with Gasteiger partial charge >= 0.3 is 0 Å². The van der Waals surface area contributed by atoms with E-state index < -0.39 is 17.0 Å². The van der Waals surface area contributed by atoms with Crippen LogP contribution in [0.3, 0.4) is 0 Å². The highest BCUT2D eigenvalue weighted by molar-refractivity contribution is 6.31. The van der Waals surface area contributed by atoms with Crippen molar-refractivity contribution in [2.24, 2.45) is 0 Å². The van der Waals surface area contributed by atoms with Crippen LogP contribution in [0, 0.1) is 24.0 Å². The normalized spacial score (nSPS) is 11.1. The second-order valence-corrected chi connectivity index (χ2v) is 3.87. The van der Waals surface area contributed by atoms with Gasteiger partial charge in [0.2, 0.25) is 0 Å². The van der Waals surface area contributed by atoms with Gasteiger partial charge in [-0.25, -0.2) is 8.78 Å². The molecule has 0 saturated heterocycles. The summed E-state index contributed by atoms with van der Waals surface area (Å²) in [5.41, 5.74) is -0.884. The van der Waals surface area contributed by atoms with Gasteiger partial charge < -0.3 is 0 Å². The lowest BCUT2D eigenvalue weighted by atomic mass is 9.85. The Bertz CT molecular complexity index is 402. The topological polar surface area (TPSA) is 0 Å². The van der Waals surface area contributed by atoms with Crippen molar-refractivity contribution in [3.05, 3.63) is 34.4 Å². The van der Waals surface area contributed by atoms with Gasteiger partial charge in [-0.1, -0.05) is 17.5 Å². The minimum Gasteiger partial charge on any atom is -0.207 e. The first-order chi connectivity index (χ1) is 6.40. The Balaban J connectivity index is 3.49. The van der Waals surface area contributed by atoms with E-state index in [4.69, 9.17) is 18.0 Å². The van der Waals surface area contributed by atoms with Crippen LogP contribution in [0.2, 0.25) is 5.02 Å². The summed E-state index contributed by atoms with van der Waals surface area (Å²) in [7, 11) is 0. The van der Waals surface area contributed by atoms with Crippen LogP contribution >= 0.6 is 11.6 Å². The molecule has 0 fully saturated rings. The smallest absolute Gasteiger partial charge is 0.142 e. The summed E-state index contributed by atoms with van der Waals surface area (Å²) in [6.07, 6.45) is 5.23. The highest BCUT2D eigenvalue weighted by Gasteiger charge is 2.26. The van der Waals surface area contributed by atoms with E-state index in [9.17, 15) is 8.78 Å². The molecule has 0 bridgehead atoms. The number of terminal acetylenes is 1. The number of hydrogen-bond acceptors (Lipinski definition) is 0. The van der Waals surface area contributed by atoms with Crippen LogP contribution in [-0.2, 0) is 5.41 Å². The monoisotopic (exact) mass is 214 g/mol. The van der Waals surface area contributed by atoms with Crippen molar-refractivity contribution >= 4 is 11.6 Å². The third-order valence-corrected chi connectivity index (χ3v) is 2.40. The van der Waals surface area contributed by atoms with Gasteiger partial charge in [0.05, 0.1) is 10.4 Å². The molecular weight excluding hydrogens is 206 g/mol. The van der Waals surface area contributed by atoms with E-state index in [2.05, 4.69) is 5.92 Å². The van der Waals surface area contributed by atoms with E-state index in [-0.39, 0.29) is 10.6 Å². The van der Waals surface area contributed by atoms with E-state index in [0.29, 0.717) is 0 Å². The lowest BCUT2D eigenvalue weighted by molar-refractivity contribution is 0.550. The van der Waals surface area contributed by atoms with Gasteiger partial charge in [-0.05, 0) is 26.0 Å². The molecule has 0 unspecified atom stereocenters. The van der Waals surface area contributed by atoms with E-state index >= 15 is 0 Å².